The maximum absolute atomic E-state index is 12.9. The van der Waals surface area contributed by atoms with Crippen molar-refractivity contribution in [3.63, 3.8) is 0 Å². The van der Waals surface area contributed by atoms with Gasteiger partial charge in [-0.1, -0.05) is 35.9 Å². The summed E-state index contributed by atoms with van der Waals surface area (Å²) in [5.74, 6) is -4.19. The Hall–Kier alpha value is -2.61. The molecule has 158 valence electrons. The van der Waals surface area contributed by atoms with E-state index in [1.54, 1.807) is 18.2 Å². The van der Waals surface area contributed by atoms with Crippen molar-refractivity contribution in [1.82, 2.24) is 5.32 Å². The third-order valence-corrected chi connectivity index (χ3v) is 4.32. The molecule has 2 N–H and O–H groups in total. The number of amides is 2. The summed E-state index contributed by atoms with van der Waals surface area (Å²) in [6.07, 6.45) is -3.78. The first-order valence-electron chi connectivity index (χ1n) is 9.06. The third kappa shape index (κ3) is 6.74. The minimum absolute atomic E-state index is 0.224. The van der Waals surface area contributed by atoms with Crippen LogP contribution in [-0.2, 0) is 11.3 Å². The zero-order valence-corrected chi connectivity index (χ0v) is 16.4. The maximum Gasteiger partial charge on any atom is 0.330 e. The monoisotopic (exact) mass is 412 g/mol. The van der Waals surface area contributed by atoms with Crippen molar-refractivity contribution in [2.45, 2.75) is 45.8 Å². The van der Waals surface area contributed by atoms with Crippen LogP contribution in [-0.4, -0.2) is 25.0 Å². The van der Waals surface area contributed by atoms with Gasteiger partial charge >= 0.3 is 18.4 Å². The van der Waals surface area contributed by atoms with Gasteiger partial charge in [0.25, 0.3) is 0 Å². The molecule has 0 bridgehead atoms. The Labute approximate surface area is 167 Å². The number of nitrogens with one attached hydrogen (secondary N) is 2. The highest BCUT2D eigenvalue weighted by Gasteiger charge is 2.40. The van der Waals surface area contributed by atoms with Crippen LogP contribution in [0.25, 0.3) is 0 Å². The van der Waals surface area contributed by atoms with Crippen molar-refractivity contribution < 1.29 is 27.1 Å². The van der Waals surface area contributed by atoms with Crippen molar-refractivity contribution in [3.8, 4) is 0 Å². The molecule has 29 heavy (non-hydrogen) atoms. The highest BCUT2D eigenvalue weighted by atomic mass is 19.3. The maximum atomic E-state index is 12.9. The van der Waals surface area contributed by atoms with Crippen LogP contribution in [0.1, 0.15) is 35.2 Å². The predicted molar refractivity (Wildman–Crippen MR) is 104 cm³/mol. The number of ether oxygens (including phenoxy) is 1. The van der Waals surface area contributed by atoms with E-state index in [1.807, 2.05) is 39.0 Å². The van der Waals surface area contributed by atoms with Gasteiger partial charge in [0.1, 0.15) is 6.61 Å². The van der Waals surface area contributed by atoms with E-state index in [-0.39, 0.29) is 12.6 Å². The average Bonchev–Trinajstić information content (AvgIpc) is 2.63. The molecule has 0 aliphatic heterocycles. The summed E-state index contributed by atoms with van der Waals surface area (Å²) in [6, 6.07) is 11.7. The highest BCUT2D eigenvalue weighted by molar-refractivity contribution is 5.89. The van der Waals surface area contributed by atoms with Gasteiger partial charge in [-0.3, -0.25) is 0 Å². The van der Waals surface area contributed by atoms with Gasteiger partial charge in [0.15, 0.2) is 0 Å². The van der Waals surface area contributed by atoms with E-state index >= 15 is 0 Å². The SMILES string of the molecule is Cc1ccc(C)c(C(C)NC(=O)Nc2cccc(COCC(F)(F)C(F)F)c2)c1. The number of halogens is 4. The minimum Gasteiger partial charge on any atom is -0.370 e. The summed E-state index contributed by atoms with van der Waals surface area (Å²) in [4.78, 5) is 12.3. The number of hydrogen-bond donors (Lipinski definition) is 2. The second-order valence-electron chi connectivity index (χ2n) is 6.94. The lowest BCUT2D eigenvalue weighted by Crippen LogP contribution is -2.32. The summed E-state index contributed by atoms with van der Waals surface area (Å²) in [5, 5.41) is 5.51. The first kappa shape index (κ1) is 22.7. The molecule has 2 amide bonds. The summed E-state index contributed by atoms with van der Waals surface area (Å²) >= 11 is 0. The standard InChI is InChI=1S/C21H24F4N2O2/c1-13-7-8-14(2)18(9-13)15(3)26-20(28)27-17-6-4-5-16(10-17)11-29-12-21(24,25)19(22)23/h4-10,15,19H,11-12H2,1-3H3,(H2,26,27,28). The lowest BCUT2D eigenvalue weighted by Gasteiger charge is -2.18. The molecule has 0 radical (unpaired) electrons. The molecule has 2 aromatic carbocycles. The molecule has 0 fully saturated rings. The second-order valence-corrected chi connectivity index (χ2v) is 6.94. The molecule has 1 atom stereocenters. The number of urea groups is 1. The normalized spacial score (nSPS) is 12.7. The number of benzene rings is 2. The van der Waals surface area contributed by atoms with Crippen LogP contribution >= 0.6 is 0 Å². The number of anilines is 1. The Morgan fingerprint density at radius 2 is 1.86 bits per heavy atom. The van der Waals surface area contributed by atoms with Gasteiger partial charge in [0, 0.05) is 5.69 Å². The van der Waals surface area contributed by atoms with E-state index in [9.17, 15) is 22.4 Å². The van der Waals surface area contributed by atoms with E-state index in [2.05, 4.69) is 10.6 Å². The van der Waals surface area contributed by atoms with E-state index in [0.717, 1.165) is 16.7 Å². The van der Waals surface area contributed by atoms with Gasteiger partial charge in [-0.05, 0) is 49.6 Å². The molecule has 2 rings (SSSR count). The molecule has 0 aliphatic carbocycles. The summed E-state index contributed by atoms with van der Waals surface area (Å²) in [6.45, 7) is 4.15. The van der Waals surface area contributed by atoms with Crippen molar-refractivity contribution in [2.75, 3.05) is 11.9 Å². The van der Waals surface area contributed by atoms with Gasteiger partial charge in [0.2, 0.25) is 0 Å². The van der Waals surface area contributed by atoms with Gasteiger partial charge in [-0.2, -0.15) is 8.78 Å². The third-order valence-electron chi connectivity index (χ3n) is 4.32. The lowest BCUT2D eigenvalue weighted by molar-refractivity contribution is -0.168. The van der Waals surface area contributed by atoms with Crippen molar-refractivity contribution in [2.24, 2.45) is 0 Å². The molecule has 0 heterocycles. The number of hydrogen-bond acceptors (Lipinski definition) is 2. The lowest BCUT2D eigenvalue weighted by atomic mass is 10.0. The predicted octanol–water partition coefficient (Wildman–Crippen LogP) is 5.60. The van der Waals surface area contributed by atoms with Crippen molar-refractivity contribution >= 4 is 11.7 Å². The topological polar surface area (TPSA) is 50.4 Å². The minimum atomic E-state index is -4.19. The fraction of sp³-hybridized carbons (Fsp3) is 0.381. The Bertz CT molecular complexity index is 843. The number of carbonyl (C=O) groups is 1. The molecular weight excluding hydrogens is 388 g/mol. The van der Waals surface area contributed by atoms with E-state index in [0.29, 0.717) is 11.3 Å². The first-order chi connectivity index (χ1) is 13.6. The van der Waals surface area contributed by atoms with E-state index < -0.39 is 25.0 Å². The van der Waals surface area contributed by atoms with Gasteiger partial charge in [0.05, 0.1) is 12.6 Å². The van der Waals surface area contributed by atoms with Crippen LogP contribution in [0, 0.1) is 13.8 Å². The summed E-state index contributed by atoms with van der Waals surface area (Å²) in [7, 11) is 0. The largest absolute Gasteiger partial charge is 0.370 e. The highest BCUT2D eigenvalue weighted by Crippen LogP contribution is 2.24. The summed E-state index contributed by atoms with van der Waals surface area (Å²) < 4.78 is 54.7. The Morgan fingerprint density at radius 3 is 2.55 bits per heavy atom. The molecule has 0 spiro atoms. The Balaban J connectivity index is 1.92. The van der Waals surface area contributed by atoms with E-state index in [1.165, 1.54) is 6.07 Å². The number of rotatable bonds is 8. The van der Waals surface area contributed by atoms with Crippen LogP contribution < -0.4 is 10.6 Å². The molecule has 2 aromatic rings. The molecular formula is C21H24F4N2O2. The quantitative estimate of drug-likeness (QED) is 0.554. The second kappa shape index (κ2) is 9.73. The van der Waals surface area contributed by atoms with Gasteiger partial charge in [-0.15, -0.1) is 0 Å². The number of carbonyl (C=O) groups excluding carboxylic acids is 1. The van der Waals surface area contributed by atoms with Crippen LogP contribution in [0.15, 0.2) is 42.5 Å². The summed E-state index contributed by atoms with van der Waals surface area (Å²) in [5.41, 5.74) is 4.04. The van der Waals surface area contributed by atoms with Crippen molar-refractivity contribution in [3.05, 3.63) is 64.7 Å². The first-order valence-corrected chi connectivity index (χ1v) is 9.06. The van der Waals surface area contributed by atoms with Gasteiger partial charge < -0.3 is 15.4 Å². The zero-order chi connectivity index (χ0) is 21.6. The fourth-order valence-electron chi connectivity index (χ4n) is 2.77. The fourth-order valence-corrected chi connectivity index (χ4v) is 2.77. The van der Waals surface area contributed by atoms with Crippen LogP contribution in [0.2, 0.25) is 0 Å². The van der Waals surface area contributed by atoms with Crippen LogP contribution in [0.4, 0.5) is 28.0 Å². The molecule has 1 unspecified atom stereocenters. The van der Waals surface area contributed by atoms with Crippen LogP contribution in [0.3, 0.4) is 0 Å². The average molecular weight is 412 g/mol. The Kier molecular flexibility index (Phi) is 7.61. The molecule has 0 saturated heterocycles. The Morgan fingerprint density at radius 1 is 1.14 bits per heavy atom. The molecule has 0 saturated carbocycles. The van der Waals surface area contributed by atoms with Crippen LogP contribution in [0.5, 0.6) is 0 Å². The molecule has 0 aliphatic rings. The van der Waals surface area contributed by atoms with Crippen molar-refractivity contribution in [1.29, 1.82) is 0 Å². The molecule has 8 heteroatoms. The number of aryl methyl sites for hydroxylation is 2. The smallest absolute Gasteiger partial charge is 0.330 e. The van der Waals surface area contributed by atoms with E-state index in [4.69, 9.17) is 4.74 Å². The molecule has 0 aromatic heterocycles. The molecule has 4 nitrogen and oxygen atoms in total. The van der Waals surface area contributed by atoms with Gasteiger partial charge in [-0.25, -0.2) is 13.6 Å². The zero-order valence-electron chi connectivity index (χ0n) is 16.4. The number of alkyl halides is 4.